The van der Waals surface area contributed by atoms with Crippen LogP contribution in [0.4, 0.5) is 5.69 Å². The van der Waals surface area contributed by atoms with Gasteiger partial charge in [-0.1, -0.05) is 0 Å². The predicted octanol–water partition coefficient (Wildman–Crippen LogP) is 4.27. The summed E-state index contributed by atoms with van der Waals surface area (Å²) in [6, 6.07) is 11.4. The number of carboxylic acid groups (broad SMARTS) is 1. The summed E-state index contributed by atoms with van der Waals surface area (Å²) in [7, 11) is 0. The van der Waals surface area contributed by atoms with E-state index in [4.69, 9.17) is 14.5 Å². The van der Waals surface area contributed by atoms with Crippen molar-refractivity contribution >= 4 is 57.4 Å². The van der Waals surface area contributed by atoms with E-state index in [1.165, 1.54) is 6.07 Å². The van der Waals surface area contributed by atoms with Gasteiger partial charge in [0.2, 0.25) is 11.8 Å². The number of thiophene rings is 1. The third-order valence-corrected chi connectivity index (χ3v) is 8.74. The fourth-order valence-electron chi connectivity index (χ4n) is 5.48. The Morgan fingerprint density at radius 3 is 2.65 bits per heavy atom. The zero-order chi connectivity index (χ0) is 30.5. The fourth-order valence-corrected chi connectivity index (χ4v) is 6.45. The van der Waals surface area contributed by atoms with Gasteiger partial charge in [0.1, 0.15) is 23.2 Å². The number of nitrogens with one attached hydrogen (secondary N) is 1. The van der Waals surface area contributed by atoms with Crippen molar-refractivity contribution in [2.45, 2.75) is 51.5 Å². The number of aliphatic imine (C=N–C) groups is 1. The highest BCUT2D eigenvalue weighted by Crippen LogP contribution is 2.26. The van der Waals surface area contributed by atoms with Crippen molar-refractivity contribution in [1.82, 2.24) is 9.80 Å². The Kier molecular flexibility index (Phi) is 9.21. The minimum absolute atomic E-state index is 0.0197. The minimum Gasteiger partial charge on any atom is -0.481 e. The smallest absolute Gasteiger partial charge is 0.308 e. The molecule has 2 aliphatic heterocycles. The molecule has 0 bridgehead atoms. The van der Waals surface area contributed by atoms with Gasteiger partial charge in [-0.2, -0.15) is 5.26 Å². The lowest BCUT2D eigenvalue weighted by Crippen LogP contribution is -2.45. The van der Waals surface area contributed by atoms with Crippen molar-refractivity contribution in [1.29, 1.82) is 5.26 Å². The first-order valence-electron chi connectivity index (χ1n) is 14.4. The standard InChI is InChI=1S/C31H33N5O6S/c1-19-14-20-15-21(7-9-25(20)42-19)33-30(23(17-32)29(40)26-10-8-22(43-26)16-28(38)39)34-24-6-2-3-13-36(31(24)41)18-27(37)35-11-4-5-12-35/h7-10,14-15,23-24H,2-6,11-13,16,18H2,1H3,(H,33,34)(H,38,39)/t23?,24-/m0/s1. The summed E-state index contributed by atoms with van der Waals surface area (Å²) >= 11 is 1.02. The molecule has 11 nitrogen and oxygen atoms in total. The molecule has 5 rings (SSSR count). The molecular weight excluding hydrogens is 570 g/mol. The highest BCUT2D eigenvalue weighted by Gasteiger charge is 2.33. The number of benzene rings is 1. The summed E-state index contributed by atoms with van der Waals surface area (Å²) in [4.78, 5) is 60.1. The lowest BCUT2D eigenvalue weighted by Gasteiger charge is -2.25. The highest BCUT2D eigenvalue weighted by atomic mass is 32.1. The molecule has 2 atom stereocenters. The maximum atomic E-state index is 13.7. The third kappa shape index (κ3) is 7.11. The van der Waals surface area contributed by atoms with Crippen molar-refractivity contribution in [3.8, 4) is 6.07 Å². The molecule has 4 heterocycles. The third-order valence-electron chi connectivity index (χ3n) is 7.64. The van der Waals surface area contributed by atoms with Gasteiger partial charge >= 0.3 is 5.97 Å². The number of furan rings is 1. The van der Waals surface area contributed by atoms with Gasteiger partial charge in [-0.15, -0.1) is 11.3 Å². The number of hydrogen-bond acceptors (Lipinski definition) is 8. The Hall–Kier alpha value is -4.50. The van der Waals surface area contributed by atoms with Crippen LogP contribution in [0, 0.1) is 24.2 Å². The first-order chi connectivity index (χ1) is 20.7. The Balaban J connectivity index is 1.46. The number of aliphatic carboxylic acids is 1. The first kappa shape index (κ1) is 30.0. The van der Waals surface area contributed by atoms with E-state index in [1.807, 2.05) is 19.1 Å². The van der Waals surface area contributed by atoms with E-state index < -0.39 is 23.7 Å². The number of carbonyl (C=O) groups excluding carboxylic acids is 3. The molecule has 0 aliphatic carbocycles. The number of nitriles is 1. The molecule has 1 unspecified atom stereocenters. The van der Waals surface area contributed by atoms with Crippen LogP contribution in [0.15, 0.2) is 45.8 Å². The SMILES string of the molecule is Cc1cc2cc(NC(=N[C@H]3CCCCN(CC(=O)N4CCCC4)C3=O)C(C#N)C(=O)c3ccc(CC(=O)O)s3)ccc2o1. The second-order valence-corrected chi connectivity index (χ2v) is 12.0. The van der Waals surface area contributed by atoms with E-state index in [1.54, 1.807) is 28.0 Å². The quantitative estimate of drug-likeness (QED) is 0.209. The normalized spacial score (nSPS) is 18.4. The summed E-state index contributed by atoms with van der Waals surface area (Å²) in [6.07, 6.45) is 3.49. The molecule has 2 saturated heterocycles. The van der Waals surface area contributed by atoms with E-state index in [0.717, 1.165) is 35.3 Å². The van der Waals surface area contributed by atoms with Gasteiger partial charge in [0.25, 0.3) is 0 Å². The van der Waals surface area contributed by atoms with Crippen LogP contribution < -0.4 is 5.32 Å². The molecule has 3 aromatic rings. The fraction of sp³-hybridized carbons (Fsp3) is 0.419. The maximum Gasteiger partial charge on any atom is 0.308 e. The molecular formula is C31H33N5O6S. The molecule has 0 saturated carbocycles. The van der Waals surface area contributed by atoms with Crippen molar-refractivity contribution < 1.29 is 28.7 Å². The molecule has 2 N–H and O–H groups in total. The summed E-state index contributed by atoms with van der Waals surface area (Å²) in [6.45, 7) is 3.64. The lowest BCUT2D eigenvalue weighted by atomic mass is 10.0. The summed E-state index contributed by atoms with van der Waals surface area (Å²) in [5.74, 6) is -2.59. The van der Waals surface area contributed by atoms with Gasteiger partial charge in [0.15, 0.2) is 11.7 Å². The molecule has 2 fully saturated rings. The molecule has 0 radical (unpaired) electrons. The predicted molar refractivity (Wildman–Crippen MR) is 161 cm³/mol. The molecule has 0 spiro atoms. The zero-order valence-electron chi connectivity index (χ0n) is 23.9. The number of ketones is 1. The van der Waals surface area contributed by atoms with Crippen molar-refractivity contribution in [3.05, 3.63) is 51.9 Å². The zero-order valence-corrected chi connectivity index (χ0v) is 24.7. The van der Waals surface area contributed by atoms with Crippen molar-refractivity contribution in [2.24, 2.45) is 10.9 Å². The van der Waals surface area contributed by atoms with E-state index >= 15 is 0 Å². The van der Waals surface area contributed by atoms with Crippen LogP contribution in [-0.2, 0) is 20.8 Å². The van der Waals surface area contributed by atoms with Crippen LogP contribution in [0.25, 0.3) is 11.0 Å². The van der Waals surface area contributed by atoms with E-state index in [0.29, 0.717) is 55.0 Å². The second kappa shape index (κ2) is 13.2. The van der Waals surface area contributed by atoms with Crippen LogP contribution in [0.1, 0.15) is 52.4 Å². The number of Topliss-reactive ketones (excluding diaryl/α,β-unsaturated/α-hetero) is 1. The van der Waals surface area contributed by atoms with Crippen molar-refractivity contribution in [2.75, 3.05) is 31.5 Å². The number of carboxylic acids is 1. The molecule has 1 aromatic carbocycles. The van der Waals surface area contributed by atoms with E-state index in [-0.39, 0.29) is 35.5 Å². The molecule has 224 valence electrons. The largest absolute Gasteiger partial charge is 0.481 e. The van der Waals surface area contributed by atoms with Gasteiger partial charge in [-0.25, -0.2) is 0 Å². The van der Waals surface area contributed by atoms with Crippen LogP contribution >= 0.6 is 11.3 Å². The minimum atomic E-state index is -1.38. The number of fused-ring (bicyclic) bond motifs is 1. The average Bonchev–Trinajstić information content (AvgIpc) is 3.72. The summed E-state index contributed by atoms with van der Waals surface area (Å²) < 4.78 is 5.67. The monoisotopic (exact) mass is 603 g/mol. The topological polar surface area (TPSA) is 156 Å². The Morgan fingerprint density at radius 2 is 1.91 bits per heavy atom. The molecule has 12 heteroatoms. The number of hydrogen-bond donors (Lipinski definition) is 2. The number of aryl methyl sites for hydroxylation is 1. The first-order valence-corrected chi connectivity index (χ1v) is 15.2. The molecule has 2 aromatic heterocycles. The van der Waals surface area contributed by atoms with Gasteiger partial charge in [-0.05, 0) is 75.4 Å². The molecule has 43 heavy (non-hydrogen) atoms. The Labute approximate surface area is 252 Å². The van der Waals surface area contributed by atoms with Crippen LogP contribution in [0.3, 0.4) is 0 Å². The van der Waals surface area contributed by atoms with Gasteiger partial charge < -0.3 is 24.6 Å². The van der Waals surface area contributed by atoms with Crippen LogP contribution in [0.5, 0.6) is 0 Å². The van der Waals surface area contributed by atoms with Crippen molar-refractivity contribution in [3.63, 3.8) is 0 Å². The number of likely N-dealkylation sites (tertiary alicyclic amines) is 2. The van der Waals surface area contributed by atoms with Gasteiger partial charge in [0.05, 0.1) is 23.9 Å². The Morgan fingerprint density at radius 1 is 1.14 bits per heavy atom. The number of amides is 2. The summed E-state index contributed by atoms with van der Waals surface area (Å²) in [5.41, 5.74) is 1.23. The van der Waals surface area contributed by atoms with E-state index in [9.17, 15) is 24.4 Å². The maximum absolute atomic E-state index is 13.7. The van der Waals surface area contributed by atoms with Gasteiger partial charge in [-0.3, -0.25) is 24.2 Å². The molecule has 2 amide bonds. The highest BCUT2D eigenvalue weighted by molar-refractivity contribution is 7.14. The summed E-state index contributed by atoms with van der Waals surface area (Å²) in [5, 5.41) is 23.3. The van der Waals surface area contributed by atoms with Crippen LogP contribution in [0.2, 0.25) is 0 Å². The van der Waals surface area contributed by atoms with E-state index in [2.05, 4.69) is 11.4 Å². The lowest BCUT2D eigenvalue weighted by molar-refractivity contribution is -0.140. The number of amidine groups is 1. The number of carbonyl (C=O) groups is 4. The second-order valence-electron chi connectivity index (χ2n) is 10.9. The number of rotatable bonds is 9. The molecule has 2 aliphatic rings. The Bertz CT molecular complexity index is 1610. The number of nitrogens with zero attached hydrogens (tertiary/aromatic N) is 4. The number of anilines is 1. The average molecular weight is 604 g/mol. The van der Waals surface area contributed by atoms with Gasteiger partial charge in [0, 0.05) is 35.6 Å². The van der Waals surface area contributed by atoms with Crippen LogP contribution in [-0.4, -0.2) is 76.5 Å².